The molecular weight excluding hydrogens is 174 g/mol. The van der Waals surface area contributed by atoms with Crippen LogP contribution in [0.3, 0.4) is 0 Å². The van der Waals surface area contributed by atoms with E-state index >= 15 is 0 Å². The van der Waals surface area contributed by atoms with Crippen molar-refractivity contribution in [3.8, 4) is 0 Å². The third kappa shape index (κ3) is 1.78. The first kappa shape index (κ1) is 9.52. The van der Waals surface area contributed by atoms with E-state index in [0.717, 1.165) is 5.69 Å². The average molecular weight is 188 g/mol. The van der Waals surface area contributed by atoms with Gasteiger partial charge in [-0.05, 0) is 27.7 Å². The Kier molecular flexibility index (Phi) is 2.42. The summed E-state index contributed by atoms with van der Waals surface area (Å²) in [6, 6.07) is 0. The normalized spacial score (nSPS) is 14.8. The number of alkyl halides is 1. The quantitative estimate of drug-likeness (QED) is 0.632. The lowest BCUT2D eigenvalue weighted by Gasteiger charge is -2.21. The molecule has 0 amide bonds. The van der Waals surface area contributed by atoms with Crippen molar-refractivity contribution in [3.63, 3.8) is 0 Å². The van der Waals surface area contributed by atoms with Gasteiger partial charge in [-0.15, -0.1) is 16.7 Å². The lowest BCUT2D eigenvalue weighted by Crippen LogP contribution is -2.25. The molecule has 0 saturated carbocycles. The van der Waals surface area contributed by atoms with Crippen LogP contribution in [0.4, 0.5) is 0 Å². The van der Waals surface area contributed by atoms with Crippen LogP contribution in [0, 0.1) is 0 Å². The molecule has 0 aliphatic heterocycles. The predicted octanol–water partition coefficient (Wildman–Crippen LogP) is 2.33. The number of hydrogen-bond acceptors (Lipinski definition) is 2. The molecule has 1 aromatic heterocycles. The van der Waals surface area contributed by atoms with Gasteiger partial charge in [-0.1, -0.05) is 5.21 Å². The summed E-state index contributed by atoms with van der Waals surface area (Å²) < 4.78 is 1.85. The fraction of sp³-hybridized carbons (Fsp3) is 0.750. The zero-order valence-corrected chi connectivity index (χ0v) is 8.63. The maximum atomic E-state index is 5.95. The second-order valence-corrected chi connectivity index (χ2v) is 4.51. The molecule has 1 atom stereocenters. The van der Waals surface area contributed by atoms with Gasteiger partial charge in [0.2, 0.25) is 0 Å². The molecule has 0 radical (unpaired) electrons. The van der Waals surface area contributed by atoms with Gasteiger partial charge in [0, 0.05) is 0 Å². The van der Waals surface area contributed by atoms with Gasteiger partial charge in [0.25, 0.3) is 0 Å². The molecule has 1 aromatic rings. The molecule has 4 heteroatoms. The number of nitrogens with zero attached hydrogens (tertiary/aromatic N) is 3. The zero-order chi connectivity index (χ0) is 9.35. The first-order chi connectivity index (χ1) is 5.43. The topological polar surface area (TPSA) is 30.7 Å². The summed E-state index contributed by atoms with van der Waals surface area (Å²) in [5.74, 6) is 0. The van der Waals surface area contributed by atoms with Gasteiger partial charge in [-0.2, -0.15) is 0 Å². The molecule has 0 saturated heterocycles. The number of halogens is 1. The van der Waals surface area contributed by atoms with E-state index in [4.69, 9.17) is 11.6 Å². The molecule has 0 aliphatic carbocycles. The third-order valence-electron chi connectivity index (χ3n) is 1.62. The van der Waals surface area contributed by atoms with Crippen LogP contribution in [0.15, 0.2) is 6.20 Å². The van der Waals surface area contributed by atoms with Crippen LogP contribution >= 0.6 is 11.6 Å². The highest BCUT2D eigenvalue weighted by Gasteiger charge is 2.20. The SMILES string of the molecule is CC(Cl)c1cnnn1C(C)(C)C. The Labute approximate surface area is 77.7 Å². The summed E-state index contributed by atoms with van der Waals surface area (Å²) in [6.45, 7) is 8.14. The van der Waals surface area contributed by atoms with Crippen molar-refractivity contribution in [1.82, 2.24) is 15.0 Å². The molecule has 0 aromatic carbocycles. The molecule has 0 spiro atoms. The van der Waals surface area contributed by atoms with Crippen molar-refractivity contribution in [2.75, 3.05) is 0 Å². The van der Waals surface area contributed by atoms with Crippen LogP contribution in [0.25, 0.3) is 0 Å². The minimum atomic E-state index is -0.0466. The van der Waals surface area contributed by atoms with Crippen LogP contribution in [0.1, 0.15) is 38.8 Å². The maximum Gasteiger partial charge on any atom is 0.0769 e. The number of hydrogen-bond donors (Lipinski definition) is 0. The number of rotatable bonds is 1. The fourth-order valence-corrected chi connectivity index (χ4v) is 1.18. The molecule has 1 heterocycles. The largest absolute Gasteiger partial charge is 0.243 e. The highest BCUT2D eigenvalue weighted by molar-refractivity contribution is 6.20. The Bertz CT molecular complexity index is 260. The summed E-state index contributed by atoms with van der Waals surface area (Å²) in [6.07, 6.45) is 1.71. The Hall–Kier alpha value is -0.570. The minimum Gasteiger partial charge on any atom is -0.243 e. The van der Waals surface area contributed by atoms with E-state index in [1.165, 1.54) is 0 Å². The van der Waals surface area contributed by atoms with Crippen molar-refractivity contribution in [2.24, 2.45) is 0 Å². The van der Waals surface area contributed by atoms with Crippen LogP contribution < -0.4 is 0 Å². The van der Waals surface area contributed by atoms with E-state index in [1.54, 1.807) is 6.20 Å². The molecule has 0 fully saturated rings. The van der Waals surface area contributed by atoms with E-state index in [1.807, 2.05) is 11.6 Å². The van der Waals surface area contributed by atoms with Crippen molar-refractivity contribution < 1.29 is 0 Å². The summed E-state index contributed by atoms with van der Waals surface area (Å²) in [5, 5.41) is 7.79. The Balaban J connectivity index is 3.08. The van der Waals surface area contributed by atoms with Crippen molar-refractivity contribution in [3.05, 3.63) is 11.9 Å². The Morgan fingerprint density at radius 1 is 1.50 bits per heavy atom. The summed E-state index contributed by atoms with van der Waals surface area (Å²) in [4.78, 5) is 0. The highest BCUT2D eigenvalue weighted by Crippen LogP contribution is 2.23. The molecule has 12 heavy (non-hydrogen) atoms. The van der Waals surface area contributed by atoms with Gasteiger partial charge >= 0.3 is 0 Å². The predicted molar refractivity (Wildman–Crippen MR) is 49.3 cm³/mol. The first-order valence-electron chi connectivity index (χ1n) is 3.98. The highest BCUT2D eigenvalue weighted by atomic mass is 35.5. The summed E-state index contributed by atoms with van der Waals surface area (Å²) in [7, 11) is 0. The fourth-order valence-electron chi connectivity index (χ4n) is 1.04. The van der Waals surface area contributed by atoms with E-state index in [9.17, 15) is 0 Å². The molecule has 0 N–H and O–H groups in total. The Morgan fingerprint density at radius 2 is 2.08 bits per heavy atom. The summed E-state index contributed by atoms with van der Waals surface area (Å²) in [5.41, 5.74) is 0.916. The first-order valence-corrected chi connectivity index (χ1v) is 4.41. The second kappa shape index (κ2) is 3.05. The second-order valence-electron chi connectivity index (χ2n) is 3.86. The van der Waals surface area contributed by atoms with Crippen LogP contribution in [-0.2, 0) is 5.54 Å². The van der Waals surface area contributed by atoms with Crippen LogP contribution in [0.5, 0.6) is 0 Å². The lowest BCUT2D eigenvalue weighted by atomic mass is 10.1. The molecule has 1 rings (SSSR count). The molecule has 68 valence electrons. The van der Waals surface area contributed by atoms with Gasteiger partial charge in [0.05, 0.1) is 22.8 Å². The van der Waals surface area contributed by atoms with Crippen LogP contribution in [0.2, 0.25) is 0 Å². The monoisotopic (exact) mass is 187 g/mol. The molecule has 3 nitrogen and oxygen atoms in total. The van der Waals surface area contributed by atoms with Gasteiger partial charge in [-0.3, -0.25) is 0 Å². The number of aromatic nitrogens is 3. The molecule has 0 bridgehead atoms. The van der Waals surface area contributed by atoms with Gasteiger partial charge in [-0.25, -0.2) is 4.68 Å². The summed E-state index contributed by atoms with van der Waals surface area (Å²) >= 11 is 5.95. The van der Waals surface area contributed by atoms with Gasteiger partial charge in [0.15, 0.2) is 0 Å². The third-order valence-corrected chi connectivity index (χ3v) is 1.84. The van der Waals surface area contributed by atoms with E-state index in [0.29, 0.717) is 0 Å². The average Bonchev–Trinajstić information content (AvgIpc) is 2.30. The molecule has 0 aliphatic rings. The van der Waals surface area contributed by atoms with E-state index in [-0.39, 0.29) is 10.9 Å². The minimum absolute atomic E-state index is 0.0424. The maximum absolute atomic E-state index is 5.95. The zero-order valence-electron chi connectivity index (χ0n) is 7.87. The van der Waals surface area contributed by atoms with E-state index in [2.05, 4.69) is 31.1 Å². The van der Waals surface area contributed by atoms with Crippen molar-refractivity contribution >= 4 is 11.6 Å². The Morgan fingerprint density at radius 3 is 2.42 bits per heavy atom. The molecular formula is C8H14ClN3. The smallest absolute Gasteiger partial charge is 0.0769 e. The molecule has 1 unspecified atom stereocenters. The van der Waals surface area contributed by atoms with E-state index < -0.39 is 0 Å². The van der Waals surface area contributed by atoms with Gasteiger partial charge < -0.3 is 0 Å². The van der Waals surface area contributed by atoms with Gasteiger partial charge in [0.1, 0.15) is 0 Å². The van der Waals surface area contributed by atoms with Crippen molar-refractivity contribution in [2.45, 2.75) is 38.6 Å². The van der Waals surface area contributed by atoms with Crippen molar-refractivity contribution in [1.29, 1.82) is 0 Å². The standard InChI is InChI=1S/C8H14ClN3/c1-6(9)7-5-10-11-12(7)8(2,3)4/h5-6H,1-4H3. The van der Waals surface area contributed by atoms with Crippen LogP contribution in [-0.4, -0.2) is 15.0 Å². The lowest BCUT2D eigenvalue weighted by molar-refractivity contribution is 0.335.